The van der Waals surface area contributed by atoms with Gasteiger partial charge in [0, 0.05) is 50.3 Å². The fourth-order valence-corrected chi connectivity index (χ4v) is 2.60. The maximum Gasteiger partial charge on any atom is 0.191 e. The van der Waals surface area contributed by atoms with E-state index in [-0.39, 0.29) is 0 Å². The summed E-state index contributed by atoms with van der Waals surface area (Å²) in [5, 5.41) is 20.5. The van der Waals surface area contributed by atoms with Crippen molar-refractivity contribution in [1.29, 1.82) is 0 Å². The summed E-state index contributed by atoms with van der Waals surface area (Å²) in [5.41, 5.74) is 0. The van der Waals surface area contributed by atoms with E-state index in [4.69, 9.17) is 0 Å². The van der Waals surface area contributed by atoms with Crippen LogP contribution in [0, 0.1) is 0 Å². The van der Waals surface area contributed by atoms with Gasteiger partial charge in [-0.3, -0.25) is 9.98 Å². The summed E-state index contributed by atoms with van der Waals surface area (Å²) >= 11 is 0. The van der Waals surface area contributed by atoms with Crippen LogP contribution in [0.1, 0.15) is 68.2 Å². The summed E-state index contributed by atoms with van der Waals surface area (Å²) < 4.78 is 0. The molecule has 178 valence electrons. The van der Waals surface area contributed by atoms with Crippen molar-refractivity contribution in [2.75, 3.05) is 39.3 Å². The second-order valence-electron chi connectivity index (χ2n) is 8.80. The summed E-state index contributed by atoms with van der Waals surface area (Å²) in [6, 6.07) is 1.35. The molecule has 30 heavy (non-hydrogen) atoms. The molecular formula is C22H50N8. The normalized spacial score (nSPS) is 12.9. The summed E-state index contributed by atoms with van der Waals surface area (Å²) in [7, 11) is 0. The van der Waals surface area contributed by atoms with E-state index in [9.17, 15) is 0 Å². The fourth-order valence-electron chi connectivity index (χ4n) is 2.60. The van der Waals surface area contributed by atoms with Crippen LogP contribution >= 0.6 is 0 Å². The standard InChI is InChI=1S/C22H50N8/c1-17(2)27-21(28-18(3)4)25-13-9-11-23-15-16-24-12-10-14-26-22(29-19(5)6)30-20(7)8/h17-20,23-24H,9-16H2,1-8H3,(H2,25,27,28)(H2,26,29,30). The van der Waals surface area contributed by atoms with E-state index in [1.54, 1.807) is 0 Å². The molecule has 0 heterocycles. The molecule has 0 radical (unpaired) electrons. The van der Waals surface area contributed by atoms with Gasteiger partial charge in [0.25, 0.3) is 0 Å². The SMILES string of the molecule is CC(C)N=C(NCCCNCCNCCCNC(=NC(C)C)NC(C)C)NC(C)C. The van der Waals surface area contributed by atoms with E-state index in [2.05, 4.69) is 97.3 Å². The lowest BCUT2D eigenvalue weighted by Crippen LogP contribution is -2.42. The highest BCUT2D eigenvalue weighted by atomic mass is 15.2. The quantitative estimate of drug-likeness (QED) is 0.135. The molecular weight excluding hydrogens is 376 g/mol. The van der Waals surface area contributed by atoms with Crippen LogP contribution in [0.25, 0.3) is 0 Å². The molecule has 0 aromatic carbocycles. The smallest absolute Gasteiger partial charge is 0.191 e. The second kappa shape index (κ2) is 18.2. The van der Waals surface area contributed by atoms with Crippen LogP contribution in [0.4, 0.5) is 0 Å². The third-order valence-electron chi connectivity index (χ3n) is 3.75. The lowest BCUT2D eigenvalue weighted by atomic mass is 10.3. The Morgan fingerprint density at radius 1 is 0.533 bits per heavy atom. The van der Waals surface area contributed by atoms with Gasteiger partial charge in [-0.25, -0.2) is 0 Å². The number of hydrogen-bond donors (Lipinski definition) is 6. The summed E-state index contributed by atoms with van der Waals surface area (Å²) in [5.74, 6) is 1.81. The molecule has 0 spiro atoms. The minimum Gasteiger partial charge on any atom is -0.356 e. The van der Waals surface area contributed by atoms with Gasteiger partial charge in [0.15, 0.2) is 11.9 Å². The molecule has 0 unspecified atom stereocenters. The molecule has 0 saturated carbocycles. The van der Waals surface area contributed by atoms with E-state index in [1.807, 2.05) is 0 Å². The largest absolute Gasteiger partial charge is 0.356 e. The Labute approximate surface area is 185 Å². The number of aliphatic imine (C=N–C) groups is 2. The molecule has 0 saturated heterocycles. The van der Waals surface area contributed by atoms with Crippen molar-refractivity contribution in [2.45, 2.75) is 92.4 Å². The molecule has 6 N–H and O–H groups in total. The highest BCUT2D eigenvalue weighted by molar-refractivity contribution is 5.80. The predicted octanol–water partition coefficient (Wildman–Crippen LogP) is 1.65. The summed E-state index contributed by atoms with van der Waals surface area (Å²) in [6.07, 6.45) is 2.14. The van der Waals surface area contributed by atoms with Gasteiger partial charge in [0.1, 0.15) is 0 Å². The van der Waals surface area contributed by atoms with Crippen molar-refractivity contribution in [3.8, 4) is 0 Å². The molecule has 0 atom stereocenters. The van der Waals surface area contributed by atoms with Gasteiger partial charge in [-0.1, -0.05) is 0 Å². The number of nitrogens with one attached hydrogen (secondary N) is 6. The predicted molar refractivity (Wildman–Crippen MR) is 133 cm³/mol. The van der Waals surface area contributed by atoms with E-state index in [0.717, 1.165) is 64.0 Å². The van der Waals surface area contributed by atoms with Gasteiger partial charge in [0.05, 0.1) is 0 Å². The summed E-state index contributed by atoms with van der Waals surface area (Å²) in [4.78, 5) is 9.17. The van der Waals surface area contributed by atoms with E-state index in [0.29, 0.717) is 24.2 Å². The maximum absolute atomic E-state index is 4.59. The first-order valence-corrected chi connectivity index (χ1v) is 11.8. The Hall–Kier alpha value is -1.54. The highest BCUT2D eigenvalue weighted by Crippen LogP contribution is 1.89. The second-order valence-corrected chi connectivity index (χ2v) is 8.80. The van der Waals surface area contributed by atoms with Crippen molar-refractivity contribution < 1.29 is 0 Å². The van der Waals surface area contributed by atoms with Crippen LogP contribution in [0.5, 0.6) is 0 Å². The molecule has 8 heteroatoms. The lowest BCUT2D eigenvalue weighted by molar-refractivity contribution is 0.576. The lowest BCUT2D eigenvalue weighted by Gasteiger charge is -2.16. The Balaban J connectivity index is 3.68. The van der Waals surface area contributed by atoms with E-state index in [1.165, 1.54) is 0 Å². The van der Waals surface area contributed by atoms with Crippen LogP contribution < -0.4 is 31.9 Å². The van der Waals surface area contributed by atoms with Gasteiger partial charge >= 0.3 is 0 Å². The topological polar surface area (TPSA) is 96.9 Å². The van der Waals surface area contributed by atoms with Crippen molar-refractivity contribution >= 4 is 11.9 Å². The molecule has 0 aromatic heterocycles. The molecule has 0 aliphatic heterocycles. The van der Waals surface area contributed by atoms with Crippen molar-refractivity contribution in [2.24, 2.45) is 9.98 Å². The van der Waals surface area contributed by atoms with Gasteiger partial charge < -0.3 is 31.9 Å². The van der Waals surface area contributed by atoms with Crippen LogP contribution in [-0.2, 0) is 0 Å². The molecule has 0 amide bonds. The van der Waals surface area contributed by atoms with Crippen molar-refractivity contribution in [3.05, 3.63) is 0 Å². The van der Waals surface area contributed by atoms with E-state index < -0.39 is 0 Å². The Bertz CT molecular complexity index is 416. The average molecular weight is 427 g/mol. The molecule has 0 aliphatic rings. The van der Waals surface area contributed by atoms with Crippen molar-refractivity contribution in [3.63, 3.8) is 0 Å². The van der Waals surface area contributed by atoms with Gasteiger partial charge in [0.2, 0.25) is 0 Å². The number of nitrogens with zero attached hydrogens (tertiary/aromatic N) is 2. The first kappa shape index (κ1) is 28.5. The molecule has 0 aliphatic carbocycles. The Morgan fingerprint density at radius 2 is 0.900 bits per heavy atom. The van der Waals surface area contributed by atoms with Crippen LogP contribution in [-0.4, -0.2) is 75.4 Å². The zero-order valence-corrected chi connectivity index (χ0v) is 20.9. The zero-order chi connectivity index (χ0) is 22.8. The molecule has 0 bridgehead atoms. The minimum atomic E-state index is 0.290. The monoisotopic (exact) mass is 426 g/mol. The van der Waals surface area contributed by atoms with E-state index >= 15 is 0 Å². The first-order chi connectivity index (χ1) is 14.2. The summed E-state index contributed by atoms with van der Waals surface area (Å²) in [6.45, 7) is 22.7. The highest BCUT2D eigenvalue weighted by Gasteiger charge is 2.02. The third kappa shape index (κ3) is 19.8. The van der Waals surface area contributed by atoms with Crippen LogP contribution in [0.15, 0.2) is 9.98 Å². The Kier molecular flexibility index (Phi) is 17.3. The molecule has 8 nitrogen and oxygen atoms in total. The van der Waals surface area contributed by atoms with Gasteiger partial charge in [-0.15, -0.1) is 0 Å². The number of hydrogen-bond acceptors (Lipinski definition) is 4. The fraction of sp³-hybridized carbons (Fsp3) is 0.909. The molecule has 0 aromatic rings. The number of rotatable bonds is 15. The third-order valence-corrected chi connectivity index (χ3v) is 3.75. The average Bonchev–Trinajstić information content (AvgIpc) is 2.60. The minimum absolute atomic E-state index is 0.290. The van der Waals surface area contributed by atoms with Gasteiger partial charge in [-0.2, -0.15) is 0 Å². The number of guanidine groups is 2. The zero-order valence-electron chi connectivity index (χ0n) is 20.9. The van der Waals surface area contributed by atoms with Gasteiger partial charge in [-0.05, 0) is 81.3 Å². The molecule has 0 fully saturated rings. The Morgan fingerprint density at radius 3 is 1.20 bits per heavy atom. The van der Waals surface area contributed by atoms with Crippen LogP contribution in [0.3, 0.4) is 0 Å². The maximum atomic E-state index is 4.59. The molecule has 0 rings (SSSR count). The van der Waals surface area contributed by atoms with Crippen LogP contribution in [0.2, 0.25) is 0 Å². The first-order valence-electron chi connectivity index (χ1n) is 11.8. The van der Waals surface area contributed by atoms with Crippen molar-refractivity contribution in [1.82, 2.24) is 31.9 Å².